The maximum atomic E-state index is 10.8. The van der Waals surface area contributed by atoms with E-state index in [1.54, 1.807) is 0 Å². The van der Waals surface area contributed by atoms with E-state index in [1.165, 1.54) is 0 Å². The fourth-order valence-electron chi connectivity index (χ4n) is 1.31. The molecule has 0 aromatic heterocycles. The zero-order chi connectivity index (χ0) is 9.19. The summed E-state index contributed by atoms with van der Waals surface area (Å²) < 4.78 is 0. The molecular weight excluding hydrogens is 158 g/mol. The first kappa shape index (κ1) is 8.99. The van der Waals surface area contributed by atoms with Crippen molar-refractivity contribution in [3.8, 4) is 0 Å². The van der Waals surface area contributed by atoms with E-state index < -0.39 is 11.4 Å². The van der Waals surface area contributed by atoms with Gasteiger partial charge in [-0.15, -0.1) is 0 Å². The molecule has 1 fully saturated rings. The van der Waals surface area contributed by atoms with Crippen molar-refractivity contribution in [1.82, 2.24) is 5.32 Å². The van der Waals surface area contributed by atoms with Gasteiger partial charge in [-0.1, -0.05) is 0 Å². The van der Waals surface area contributed by atoms with Crippen LogP contribution in [-0.2, 0) is 9.59 Å². The van der Waals surface area contributed by atoms with E-state index >= 15 is 0 Å². The average molecular weight is 171 g/mol. The Hall–Kier alpha value is -1.10. The average Bonchev–Trinajstić information content (AvgIpc) is 1.94. The van der Waals surface area contributed by atoms with Crippen LogP contribution in [0.3, 0.4) is 0 Å². The summed E-state index contributed by atoms with van der Waals surface area (Å²) in [6, 6.07) is 0. The normalized spacial score (nSPS) is 29.6. The molecule has 1 unspecified atom stereocenters. The molecule has 0 aromatic rings. The maximum absolute atomic E-state index is 10.8. The first-order chi connectivity index (χ1) is 5.52. The van der Waals surface area contributed by atoms with E-state index in [4.69, 9.17) is 11.5 Å². The van der Waals surface area contributed by atoms with Crippen molar-refractivity contribution in [3.63, 3.8) is 0 Å². The van der Waals surface area contributed by atoms with Gasteiger partial charge in [0.2, 0.25) is 11.8 Å². The highest BCUT2D eigenvalue weighted by molar-refractivity contribution is 5.79. The molecule has 0 radical (unpaired) electrons. The van der Waals surface area contributed by atoms with Crippen LogP contribution in [0, 0.1) is 0 Å². The summed E-state index contributed by atoms with van der Waals surface area (Å²) in [5, 5.41) is 2.61. The van der Waals surface area contributed by atoms with Gasteiger partial charge in [0.15, 0.2) is 0 Å². The first-order valence-electron chi connectivity index (χ1n) is 3.86. The molecule has 2 amide bonds. The van der Waals surface area contributed by atoms with Crippen LogP contribution < -0.4 is 16.8 Å². The van der Waals surface area contributed by atoms with Crippen LogP contribution in [0.5, 0.6) is 0 Å². The monoisotopic (exact) mass is 171 g/mol. The number of carbonyl (C=O) groups is 2. The summed E-state index contributed by atoms with van der Waals surface area (Å²) in [5.41, 5.74) is 10.2. The number of piperidine rings is 1. The van der Waals surface area contributed by atoms with E-state index in [2.05, 4.69) is 5.32 Å². The van der Waals surface area contributed by atoms with Crippen LogP contribution in [-0.4, -0.2) is 23.9 Å². The summed E-state index contributed by atoms with van der Waals surface area (Å²) in [7, 11) is 0. The van der Waals surface area contributed by atoms with Gasteiger partial charge in [-0.25, -0.2) is 0 Å². The molecule has 1 rings (SSSR count). The Balaban J connectivity index is 2.49. The number of nitrogens with one attached hydrogen (secondary N) is 1. The lowest BCUT2D eigenvalue weighted by Crippen LogP contribution is -2.56. The molecule has 0 saturated carbocycles. The second kappa shape index (κ2) is 3.10. The minimum Gasteiger partial charge on any atom is -0.370 e. The first-order valence-corrected chi connectivity index (χ1v) is 3.86. The van der Waals surface area contributed by atoms with E-state index in [1.807, 2.05) is 0 Å². The lowest BCUT2D eigenvalue weighted by molar-refractivity contribution is -0.125. The van der Waals surface area contributed by atoms with E-state index in [0.29, 0.717) is 19.4 Å². The Kier molecular flexibility index (Phi) is 2.32. The van der Waals surface area contributed by atoms with Crippen molar-refractivity contribution < 1.29 is 9.59 Å². The largest absolute Gasteiger partial charge is 0.370 e. The number of hydrogen-bond donors (Lipinski definition) is 3. The highest BCUT2D eigenvalue weighted by Crippen LogP contribution is 2.16. The predicted octanol–water partition coefficient (Wildman–Crippen LogP) is -1.53. The van der Waals surface area contributed by atoms with Crippen molar-refractivity contribution in [2.75, 3.05) is 6.54 Å². The van der Waals surface area contributed by atoms with Crippen molar-refractivity contribution in [1.29, 1.82) is 0 Å². The fraction of sp³-hybridized carbons (Fsp3) is 0.714. The number of carbonyl (C=O) groups excluding carboxylic acids is 2. The van der Waals surface area contributed by atoms with Crippen molar-refractivity contribution in [2.24, 2.45) is 11.5 Å². The Bertz CT molecular complexity index is 205. The Morgan fingerprint density at radius 2 is 2.33 bits per heavy atom. The summed E-state index contributed by atoms with van der Waals surface area (Å²) in [6.07, 6.45) is 1.04. The molecule has 0 spiro atoms. The van der Waals surface area contributed by atoms with Gasteiger partial charge < -0.3 is 16.8 Å². The molecule has 1 aliphatic rings. The summed E-state index contributed by atoms with van der Waals surface area (Å²) in [5.74, 6) is -0.436. The zero-order valence-corrected chi connectivity index (χ0v) is 6.80. The van der Waals surface area contributed by atoms with Gasteiger partial charge in [-0.05, 0) is 6.42 Å². The molecule has 1 heterocycles. The molecule has 5 heteroatoms. The number of amides is 2. The van der Waals surface area contributed by atoms with Gasteiger partial charge in [0.05, 0.1) is 0 Å². The van der Waals surface area contributed by atoms with Gasteiger partial charge in [0, 0.05) is 24.9 Å². The minimum absolute atomic E-state index is 0.0134. The SMILES string of the molecule is NC(=O)CC1(N)CCC(=O)NC1. The molecule has 12 heavy (non-hydrogen) atoms. The molecule has 0 bridgehead atoms. The molecule has 68 valence electrons. The van der Waals surface area contributed by atoms with Gasteiger partial charge in [0.1, 0.15) is 0 Å². The van der Waals surface area contributed by atoms with E-state index in [-0.39, 0.29) is 12.3 Å². The van der Waals surface area contributed by atoms with E-state index in [9.17, 15) is 9.59 Å². The number of hydrogen-bond acceptors (Lipinski definition) is 3. The lowest BCUT2D eigenvalue weighted by Gasteiger charge is -2.32. The van der Waals surface area contributed by atoms with Crippen LogP contribution in [0.1, 0.15) is 19.3 Å². The number of primary amides is 1. The Morgan fingerprint density at radius 3 is 2.75 bits per heavy atom. The number of rotatable bonds is 2. The summed E-state index contributed by atoms with van der Waals surface area (Å²) >= 11 is 0. The van der Waals surface area contributed by atoms with Crippen LogP contribution in [0.15, 0.2) is 0 Å². The fourth-order valence-corrected chi connectivity index (χ4v) is 1.31. The third-order valence-electron chi connectivity index (χ3n) is 2.01. The molecular formula is C7H13N3O2. The van der Waals surface area contributed by atoms with Gasteiger partial charge in [-0.3, -0.25) is 9.59 Å². The quantitative estimate of drug-likeness (QED) is 0.470. The predicted molar refractivity (Wildman–Crippen MR) is 43.0 cm³/mol. The second-order valence-electron chi connectivity index (χ2n) is 3.28. The number of nitrogens with two attached hydrogens (primary N) is 2. The molecule has 0 aliphatic carbocycles. The second-order valence-corrected chi connectivity index (χ2v) is 3.28. The van der Waals surface area contributed by atoms with Crippen LogP contribution >= 0.6 is 0 Å². The maximum Gasteiger partial charge on any atom is 0.220 e. The molecule has 1 aliphatic heterocycles. The van der Waals surface area contributed by atoms with Crippen LogP contribution in [0.2, 0.25) is 0 Å². The zero-order valence-electron chi connectivity index (χ0n) is 6.80. The smallest absolute Gasteiger partial charge is 0.220 e. The standard InChI is InChI=1S/C7H13N3O2/c8-5(11)3-7(9)2-1-6(12)10-4-7/h1-4,9H2,(H2,8,11)(H,10,12). The molecule has 1 saturated heterocycles. The van der Waals surface area contributed by atoms with E-state index in [0.717, 1.165) is 0 Å². The minimum atomic E-state index is -0.625. The van der Waals surface area contributed by atoms with Gasteiger partial charge in [0.25, 0.3) is 0 Å². The summed E-state index contributed by atoms with van der Waals surface area (Å²) in [4.78, 5) is 21.3. The van der Waals surface area contributed by atoms with Crippen molar-refractivity contribution >= 4 is 11.8 Å². The highest BCUT2D eigenvalue weighted by atomic mass is 16.2. The molecule has 1 atom stereocenters. The van der Waals surface area contributed by atoms with Gasteiger partial charge in [-0.2, -0.15) is 0 Å². The van der Waals surface area contributed by atoms with Crippen molar-refractivity contribution in [2.45, 2.75) is 24.8 Å². The van der Waals surface area contributed by atoms with Gasteiger partial charge >= 0.3 is 0 Å². The van der Waals surface area contributed by atoms with Crippen molar-refractivity contribution in [3.05, 3.63) is 0 Å². The highest BCUT2D eigenvalue weighted by Gasteiger charge is 2.31. The molecule has 0 aromatic carbocycles. The topological polar surface area (TPSA) is 98.2 Å². The molecule has 5 N–H and O–H groups in total. The third kappa shape index (κ3) is 2.20. The Labute approximate surface area is 70.5 Å². The summed E-state index contributed by atoms with van der Waals surface area (Å²) in [6.45, 7) is 0.342. The Morgan fingerprint density at radius 1 is 1.67 bits per heavy atom. The van der Waals surface area contributed by atoms with Crippen LogP contribution in [0.4, 0.5) is 0 Å². The molecule has 5 nitrogen and oxygen atoms in total. The van der Waals surface area contributed by atoms with Crippen LogP contribution in [0.25, 0.3) is 0 Å². The third-order valence-corrected chi connectivity index (χ3v) is 2.01. The lowest BCUT2D eigenvalue weighted by atomic mass is 9.87.